The van der Waals surface area contributed by atoms with Crippen molar-refractivity contribution < 1.29 is 9.13 Å². The van der Waals surface area contributed by atoms with Crippen LogP contribution >= 0.6 is 0 Å². The lowest BCUT2D eigenvalue weighted by Gasteiger charge is -2.34. The molecule has 130 valence electrons. The van der Waals surface area contributed by atoms with Gasteiger partial charge in [-0.3, -0.25) is 9.80 Å². The van der Waals surface area contributed by atoms with Gasteiger partial charge in [0.05, 0.1) is 11.6 Å². The van der Waals surface area contributed by atoms with Gasteiger partial charge in [-0.15, -0.1) is 0 Å². The third-order valence-corrected chi connectivity index (χ3v) is 4.44. The summed E-state index contributed by atoms with van der Waals surface area (Å²) in [6, 6.07) is 16.1. The van der Waals surface area contributed by atoms with Crippen LogP contribution in [0.3, 0.4) is 0 Å². The second-order valence-electron chi connectivity index (χ2n) is 6.23. The third kappa shape index (κ3) is 5.28. The zero-order chi connectivity index (χ0) is 17.5. The molecule has 4 nitrogen and oxygen atoms in total. The summed E-state index contributed by atoms with van der Waals surface area (Å²) in [4.78, 5) is 4.82. The Bertz CT molecular complexity index is 701. The molecule has 0 N–H and O–H groups in total. The standard InChI is InChI=1S/C20H22FN3O/c21-19-5-7-20(8-6-19)25-14-13-23-9-11-24(12-10-23)16-18-3-1-17(15-22)2-4-18/h1-8H,9-14,16H2. The van der Waals surface area contributed by atoms with Gasteiger partial charge < -0.3 is 4.74 Å². The Morgan fingerprint density at radius 2 is 1.56 bits per heavy atom. The minimum absolute atomic E-state index is 0.245. The largest absolute Gasteiger partial charge is 0.492 e. The molecule has 0 aromatic heterocycles. The van der Waals surface area contributed by atoms with Crippen LogP contribution in [-0.4, -0.2) is 49.1 Å². The van der Waals surface area contributed by atoms with Crippen LogP contribution in [0.1, 0.15) is 11.1 Å². The lowest BCUT2D eigenvalue weighted by atomic mass is 10.1. The van der Waals surface area contributed by atoms with Crippen molar-refractivity contribution in [2.45, 2.75) is 6.54 Å². The predicted octanol–water partition coefficient (Wildman–Crippen LogP) is 2.89. The maximum Gasteiger partial charge on any atom is 0.123 e. The molecular formula is C20H22FN3O. The molecule has 0 bridgehead atoms. The fourth-order valence-electron chi connectivity index (χ4n) is 2.94. The van der Waals surface area contributed by atoms with Gasteiger partial charge in [-0.25, -0.2) is 4.39 Å². The molecule has 0 saturated carbocycles. The van der Waals surface area contributed by atoms with Gasteiger partial charge in [-0.2, -0.15) is 5.26 Å². The summed E-state index contributed by atoms with van der Waals surface area (Å²) < 4.78 is 18.5. The van der Waals surface area contributed by atoms with E-state index >= 15 is 0 Å². The molecule has 1 heterocycles. The second-order valence-corrected chi connectivity index (χ2v) is 6.23. The van der Waals surface area contributed by atoms with Gasteiger partial charge in [-0.1, -0.05) is 12.1 Å². The minimum atomic E-state index is -0.245. The third-order valence-electron chi connectivity index (χ3n) is 4.44. The molecule has 3 rings (SSSR count). The number of rotatable bonds is 6. The van der Waals surface area contributed by atoms with Crippen molar-refractivity contribution in [3.8, 4) is 11.8 Å². The molecule has 0 unspecified atom stereocenters. The van der Waals surface area contributed by atoms with Crippen molar-refractivity contribution in [3.63, 3.8) is 0 Å². The SMILES string of the molecule is N#Cc1ccc(CN2CCN(CCOc3ccc(F)cc3)CC2)cc1. The van der Waals surface area contributed by atoms with Crippen molar-refractivity contribution in [1.29, 1.82) is 5.26 Å². The van der Waals surface area contributed by atoms with Crippen molar-refractivity contribution in [1.82, 2.24) is 9.80 Å². The molecule has 0 amide bonds. The summed E-state index contributed by atoms with van der Waals surface area (Å²) in [5.41, 5.74) is 1.95. The number of nitriles is 1. The summed E-state index contributed by atoms with van der Waals surface area (Å²) >= 11 is 0. The van der Waals surface area contributed by atoms with Gasteiger partial charge in [0.2, 0.25) is 0 Å². The highest BCUT2D eigenvalue weighted by Gasteiger charge is 2.16. The molecule has 0 aliphatic carbocycles. The van der Waals surface area contributed by atoms with Gasteiger partial charge >= 0.3 is 0 Å². The first kappa shape index (κ1) is 17.4. The van der Waals surface area contributed by atoms with E-state index in [-0.39, 0.29) is 5.82 Å². The Morgan fingerprint density at radius 1 is 0.920 bits per heavy atom. The number of benzene rings is 2. The number of hydrogen-bond acceptors (Lipinski definition) is 4. The smallest absolute Gasteiger partial charge is 0.123 e. The molecule has 0 atom stereocenters. The Hall–Kier alpha value is -2.42. The van der Waals surface area contributed by atoms with E-state index in [0.29, 0.717) is 17.9 Å². The Balaban J connectivity index is 1.36. The van der Waals surface area contributed by atoms with Crippen LogP contribution in [-0.2, 0) is 6.54 Å². The molecule has 2 aromatic carbocycles. The van der Waals surface area contributed by atoms with Gasteiger partial charge in [0, 0.05) is 39.3 Å². The molecule has 2 aromatic rings. The topological polar surface area (TPSA) is 39.5 Å². The zero-order valence-electron chi connectivity index (χ0n) is 14.2. The fourth-order valence-corrected chi connectivity index (χ4v) is 2.94. The van der Waals surface area contributed by atoms with Gasteiger partial charge in [0.25, 0.3) is 0 Å². The fraction of sp³-hybridized carbons (Fsp3) is 0.350. The van der Waals surface area contributed by atoms with Crippen molar-refractivity contribution in [2.24, 2.45) is 0 Å². The maximum absolute atomic E-state index is 12.8. The van der Waals surface area contributed by atoms with Crippen molar-refractivity contribution in [2.75, 3.05) is 39.3 Å². The molecule has 0 spiro atoms. The van der Waals surface area contributed by atoms with Gasteiger partial charge in [0.1, 0.15) is 18.2 Å². The Morgan fingerprint density at radius 3 is 2.20 bits per heavy atom. The summed E-state index contributed by atoms with van der Waals surface area (Å²) in [5, 5.41) is 8.84. The van der Waals surface area contributed by atoms with E-state index in [9.17, 15) is 4.39 Å². The molecule has 5 heteroatoms. The lowest BCUT2D eigenvalue weighted by Crippen LogP contribution is -2.47. The number of piperazine rings is 1. The zero-order valence-corrected chi connectivity index (χ0v) is 14.2. The number of hydrogen-bond donors (Lipinski definition) is 0. The molecule has 1 aliphatic heterocycles. The van der Waals surface area contributed by atoms with Gasteiger partial charge in [-0.05, 0) is 42.0 Å². The highest BCUT2D eigenvalue weighted by Crippen LogP contribution is 2.12. The van der Waals surface area contributed by atoms with E-state index in [4.69, 9.17) is 10.00 Å². The van der Waals surface area contributed by atoms with E-state index in [1.165, 1.54) is 17.7 Å². The first-order valence-corrected chi connectivity index (χ1v) is 8.55. The van der Waals surface area contributed by atoms with Crippen molar-refractivity contribution in [3.05, 3.63) is 65.5 Å². The second kappa shape index (κ2) is 8.61. The van der Waals surface area contributed by atoms with Crippen molar-refractivity contribution >= 4 is 0 Å². The van der Waals surface area contributed by atoms with Crippen LogP contribution in [0.25, 0.3) is 0 Å². The average molecular weight is 339 g/mol. The number of nitrogens with zero attached hydrogens (tertiary/aromatic N) is 3. The Kier molecular flexibility index (Phi) is 5.99. The van der Waals surface area contributed by atoms with Crippen LogP contribution in [0.4, 0.5) is 4.39 Å². The average Bonchev–Trinajstić information content (AvgIpc) is 2.65. The number of halogens is 1. The number of ether oxygens (including phenoxy) is 1. The monoisotopic (exact) mass is 339 g/mol. The quantitative estimate of drug-likeness (QED) is 0.811. The highest BCUT2D eigenvalue weighted by atomic mass is 19.1. The lowest BCUT2D eigenvalue weighted by molar-refractivity contribution is 0.112. The molecule has 25 heavy (non-hydrogen) atoms. The molecule has 1 aliphatic rings. The van der Waals surface area contributed by atoms with Crippen LogP contribution < -0.4 is 4.74 Å². The van der Waals surface area contributed by atoms with Crippen LogP contribution in [0, 0.1) is 17.1 Å². The van der Waals surface area contributed by atoms with Gasteiger partial charge in [0.15, 0.2) is 0 Å². The summed E-state index contributed by atoms with van der Waals surface area (Å²) in [5.74, 6) is 0.464. The van der Waals surface area contributed by atoms with E-state index in [1.54, 1.807) is 12.1 Å². The normalized spacial score (nSPS) is 15.7. The predicted molar refractivity (Wildman–Crippen MR) is 94.8 cm³/mol. The molecule has 0 radical (unpaired) electrons. The van der Waals surface area contributed by atoms with Crippen LogP contribution in [0.2, 0.25) is 0 Å². The summed E-state index contributed by atoms with van der Waals surface area (Å²) in [7, 11) is 0. The summed E-state index contributed by atoms with van der Waals surface area (Å²) in [6.45, 7) is 6.49. The Labute approximate surface area is 148 Å². The minimum Gasteiger partial charge on any atom is -0.492 e. The molecule has 1 fully saturated rings. The molecular weight excluding hydrogens is 317 g/mol. The summed E-state index contributed by atoms with van der Waals surface area (Å²) in [6.07, 6.45) is 0. The van der Waals surface area contributed by atoms with E-state index in [0.717, 1.165) is 39.3 Å². The van der Waals surface area contributed by atoms with Crippen LogP contribution in [0.5, 0.6) is 5.75 Å². The first-order valence-electron chi connectivity index (χ1n) is 8.55. The maximum atomic E-state index is 12.8. The molecule has 1 saturated heterocycles. The first-order chi connectivity index (χ1) is 12.2. The van der Waals surface area contributed by atoms with E-state index in [1.807, 2.05) is 24.3 Å². The highest BCUT2D eigenvalue weighted by molar-refractivity contribution is 5.31. The van der Waals surface area contributed by atoms with Crippen LogP contribution in [0.15, 0.2) is 48.5 Å². The van der Waals surface area contributed by atoms with E-state index < -0.39 is 0 Å². The van der Waals surface area contributed by atoms with E-state index in [2.05, 4.69) is 15.9 Å².